The van der Waals surface area contributed by atoms with E-state index in [1.807, 2.05) is 24.3 Å². The van der Waals surface area contributed by atoms with Gasteiger partial charge in [-0.15, -0.1) is 0 Å². The highest BCUT2D eigenvalue weighted by Crippen LogP contribution is 2.49. The van der Waals surface area contributed by atoms with Gasteiger partial charge in [0.05, 0.1) is 0 Å². The molecule has 0 radical (unpaired) electrons. The molecular weight excluding hydrogens is 584 g/mol. The smallest absolute Gasteiger partial charge is 0.341 e. The molecule has 0 heterocycles. The predicted octanol–water partition coefficient (Wildman–Crippen LogP) is 9.67. The highest BCUT2D eigenvalue weighted by Gasteiger charge is 2.31. The Balaban J connectivity index is 1.67. The molecule has 5 rings (SSSR count). The van der Waals surface area contributed by atoms with Gasteiger partial charge in [0.15, 0.2) is 6.61 Å². The molecular formula is C42H48O5. The lowest BCUT2D eigenvalue weighted by molar-refractivity contribution is -0.139. The van der Waals surface area contributed by atoms with Crippen molar-refractivity contribution in [3.8, 4) is 28.0 Å². The van der Waals surface area contributed by atoms with E-state index >= 15 is 0 Å². The topological polar surface area (TPSA) is 83.8 Å². The van der Waals surface area contributed by atoms with Crippen molar-refractivity contribution in [3.05, 3.63) is 112 Å². The molecule has 2 N–H and O–H groups in total. The molecule has 5 nitrogen and oxygen atoms in total. The summed E-state index contributed by atoms with van der Waals surface area (Å²) in [5, 5.41) is 18.6. The first-order valence-electron chi connectivity index (χ1n) is 17.0. The molecule has 1 aliphatic rings. The largest absolute Gasteiger partial charge is 0.482 e. The molecule has 0 saturated carbocycles. The number of ether oxygens (including phenoxy) is 1. The Kier molecular flexibility index (Phi) is 10.9. The van der Waals surface area contributed by atoms with Crippen LogP contribution in [0.25, 0.3) is 22.3 Å². The number of fused-ring (bicyclic) bond motifs is 1. The van der Waals surface area contributed by atoms with Crippen molar-refractivity contribution in [2.75, 3.05) is 6.61 Å². The summed E-state index contributed by atoms with van der Waals surface area (Å²) in [6.07, 6.45) is 5.50. The van der Waals surface area contributed by atoms with Crippen molar-refractivity contribution in [2.45, 2.75) is 85.5 Å². The highest BCUT2D eigenvalue weighted by atomic mass is 16.5. The summed E-state index contributed by atoms with van der Waals surface area (Å²) in [6.45, 7) is 10.9. The Morgan fingerprint density at radius 2 is 1.60 bits per heavy atom. The van der Waals surface area contributed by atoms with Crippen LogP contribution in [0.2, 0.25) is 0 Å². The van der Waals surface area contributed by atoms with Crippen LogP contribution in [0.3, 0.4) is 0 Å². The number of rotatable bonds is 14. The van der Waals surface area contributed by atoms with E-state index in [0.717, 1.165) is 47.9 Å². The number of carboxylic acid groups (broad SMARTS) is 2. The van der Waals surface area contributed by atoms with Gasteiger partial charge >= 0.3 is 11.9 Å². The molecule has 0 aromatic heterocycles. The maximum atomic E-state index is 11.4. The van der Waals surface area contributed by atoms with Gasteiger partial charge in [-0.25, -0.2) is 4.79 Å². The third kappa shape index (κ3) is 8.32. The van der Waals surface area contributed by atoms with Crippen LogP contribution in [0, 0.1) is 18.8 Å². The first-order chi connectivity index (χ1) is 22.5. The van der Waals surface area contributed by atoms with E-state index in [2.05, 4.69) is 83.1 Å². The molecule has 5 heteroatoms. The first kappa shape index (κ1) is 34.0. The minimum atomic E-state index is -0.993. The van der Waals surface area contributed by atoms with Crippen molar-refractivity contribution >= 4 is 11.9 Å². The number of hydrogen-bond acceptors (Lipinski definition) is 3. The lowest BCUT2D eigenvalue weighted by atomic mass is 9.80. The summed E-state index contributed by atoms with van der Waals surface area (Å²) < 4.78 is 5.79. The van der Waals surface area contributed by atoms with Crippen LogP contribution >= 0.6 is 0 Å². The maximum Gasteiger partial charge on any atom is 0.341 e. The van der Waals surface area contributed by atoms with E-state index in [4.69, 9.17) is 4.74 Å². The van der Waals surface area contributed by atoms with Gasteiger partial charge in [-0.1, -0.05) is 88.4 Å². The van der Waals surface area contributed by atoms with E-state index in [9.17, 15) is 19.8 Å². The van der Waals surface area contributed by atoms with Crippen LogP contribution < -0.4 is 4.74 Å². The zero-order valence-electron chi connectivity index (χ0n) is 28.4. The van der Waals surface area contributed by atoms with Gasteiger partial charge in [0.2, 0.25) is 0 Å². The van der Waals surface area contributed by atoms with Crippen LogP contribution in [-0.2, 0) is 35.3 Å². The Hall–Kier alpha value is -4.38. The van der Waals surface area contributed by atoms with Gasteiger partial charge in [-0.3, -0.25) is 4.79 Å². The fourth-order valence-electron chi connectivity index (χ4n) is 7.39. The molecule has 0 fully saturated rings. The zero-order valence-corrected chi connectivity index (χ0v) is 28.4. The van der Waals surface area contributed by atoms with Crippen molar-refractivity contribution in [1.29, 1.82) is 0 Å². The third-order valence-corrected chi connectivity index (χ3v) is 9.23. The number of aryl methyl sites for hydroxylation is 2. The van der Waals surface area contributed by atoms with Crippen molar-refractivity contribution in [2.24, 2.45) is 11.8 Å². The monoisotopic (exact) mass is 632 g/mol. The lowest BCUT2D eigenvalue weighted by Crippen LogP contribution is -2.11. The van der Waals surface area contributed by atoms with Crippen molar-refractivity contribution < 1.29 is 24.5 Å². The van der Waals surface area contributed by atoms with E-state index in [0.29, 0.717) is 36.3 Å². The van der Waals surface area contributed by atoms with Gasteiger partial charge < -0.3 is 14.9 Å². The Bertz CT molecular complexity index is 1730. The van der Waals surface area contributed by atoms with Crippen LogP contribution in [-0.4, -0.2) is 28.8 Å². The normalized spacial score (nSPS) is 14.1. The standard InChI is InChI=1S/C42H48O5/c1-26(2)19-31-13-16-36-37(35-15-11-30(12-18-39(43)44)22-33(35)20-27(3)4)21-28(5)41(42(31)36)32-14-17-38(47-25-40(45)46)34(24-32)23-29-9-7-6-8-10-29/h6-11,14-15,17,21-22,24,26-27,31H,12-13,16,18-20,23,25H2,1-5H3,(H,43,44)(H,45,46). The van der Waals surface area contributed by atoms with E-state index in [1.165, 1.54) is 38.9 Å². The Labute approximate surface area is 279 Å². The quantitative estimate of drug-likeness (QED) is 0.145. The zero-order chi connectivity index (χ0) is 33.7. The molecule has 0 spiro atoms. The van der Waals surface area contributed by atoms with Crippen LogP contribution in [0.1, 0.15) is 91.8 Å². The van der Waals surface area contributed by atoms with E-state index in [1.54, 1.807) is 0 Å². The molecule has 1 aliphatic carbocycles. The molecule has 0 amide bonds. The van der Waals surface area contributed by atoms with Crippen LogP contribution in [0.5, 0.6) is 5.75 Å². The Morgan fingerprint density at radius 1 is 0.830 bits per heavy atom. The van der Waals surface area contributed by atoms with Gasteiger partial charge in [0.25, 0.3) is 0 Å². The SMILES string of the molecule is Cc1cc(-c2ccc(CCC(=O)O)cc2CC(C)C)c2c(c1-c1ccc(OCC(=O)O)c(Cc3ccccc3)c1)C(CC(C)C)CC2. The molecule has 47 heavy (non-hydrogen) atoms. The Morgan fingerprint density at radius 3 is 2.28 bits per heavy atom. The summed E-state index contributed by atoms with van der Waals surface area (Å²) >= 11 is 0. The van der Waals surface area contributed by atoms with Crippen LogP contribution in [0.4, 0.5) is 0 Å². The molecule has 0 bridgehead atoms. The molecule has 246 valence electrons. The average molecular weight is 633 g/mol. The van der Waals surface area contributed by atoms with Gasteiger partial charge in [0.1, 0.15) is 5.75 Å². The molecule has 0 saturated heterocycles. The minimum absolute atomic E-state index is 0.132. The number of carboxylic acids is 2. The second kappa shape index (κ2) is 15.0. The summed E-state index contributed by atoms with van der Waals surface area (Å²) in [5.74, 6) is 0.317. The number of carbonyl (C=O) groups is 2. The lowest BCUT2D eigenvalue weighted by Gasteiger charge is -2.24. The molecule has 4 aromatic carbocycles. The van der Waals surface area contributed by atoms with Crippen molar-refractivity contribution in [1.82, 2.24) is 0 Å². The maximum absolute atomic E-state index is 11.4. The molecule has 4 aromatic rings. The summed E-state index contributed by atoms with van der Waals surface area (Å²) in [6, 6.07) is 25.4. The second-order valence-corrected chi connectivity index (χ2v) is 14.0. The van der Waals surface area contributed by atoms with Crippen molar-refractivity contribution in [3.63, 3.8) is 0 Å². The molecule has 1 atom stereocenters. The predicted molar refractivity (Wildman–Crippen MR) is 189 cm³/mol. The van der Waals surface area contributed by atoms with Gasteiger partial charge in [-0.05, 0) is 130 Å². The third-order valence-electron chi connectivity index (χ3n) is 9.23. The minimum Gasteiger partial charge on any atom is -0.482 e. The fraction of sp³-hybridized carbons (Fsp3) is 0.381. The average Bonchev–Trinajstić information content (AvgIpc) is 3.42. The first-order valence-corrected chi connectivity index (χ1v) is 17.0. The van der Waals surface area contributed by atoms with E-state index < -0.39 is 11.9 Å². The van der Waals surface area contributed by atoms with Gasteiger partial charge in [0, 0.05) is 12.8 Å². The number of hydrogen-bond donors (Lipinski definition) is 2. The van der Waals surface area contributed by atoms with E-state index in [-0.39, 0.29) is 13.0 Å². The summed E-state index contributed by atoms with van der Waals surface area (Å²) in [5.41, 5.74) is 13.6. The summed E-state index contributed by atoms with van der Waals surface area (Å²) in [7, 11) is 0. The fourth-order valence-corrected chi connectivity index (χ4v) is 7.39. The number of aliphatic carboxylic acids is 2. The van der Waals surface area contributed by atoms with Gasteiger partial charge in [-0.2, -0.15) is 0 Å². The summed E-state index contributed by atoms with van der Waals surface area (Å²) in [4.78, 5) is 22.7. The van der Waals surface area contributed by atoms with Crippen LogP contribution in [0.15, 0.2) is 72.8 Å². The molecule has 1 unspecified atom stereocenters. The molecule has 0 aliphatic heterocycles. The number of benzene rings is 4. The highest BCUT2D eigenvalue weighted by molar-refractivity contribution is 5.83. The second-order valence-electron chi connectivity index (χ2n) is 14.0.